The quantitative estimate of drug-likeness (QED) is 0.189. The minimum absolute atomic E-state index is 0. The molecule has 0 aliphatic carbocycles. The number of hydrogen-bond acceptors (Lipinski definition) is 9. The molecule has 2 bridgehead atoms. The van der Waals surface area contributed by atoms with Crippen LogP contribution in [0.3, 0.4) is 0 Å². The Labute approximate surface area is 289 Å². The number of carboxylic acid groups (broad SMARTS) is 1. The van der Waals surface area contributed by atoms with Crippen LogP contribution in [-0.4, -0.2) is 53.4 Å². The van der Waals surface area contributed by atoms with Crippen LogP contribution < -0.4 is 104 Å². The molecule has 2 unspecified atom stereocenters. The van der Waals surface area contributed by atoms with E-state index >= 15 is 0 Å². The average molecular weight is 597 g/mol. The van der Waals surface area contributed by atoms with Gasteiger partial charge in [0, 0.05) is 12.1 Å². The van der Waals surface area contributed by atoms with Crippen LogP contribution >= 0.6 is 7.60 Å². The molecule has 0 saturated carbocycles. The van der Waals surface area contributed by atoms with Crippen molar-refractivity contribution < 1.29 is 135 Å². The summed E-state index contributed by atoms with van der Waals surface area (Å²) in [6.07, 6.45) is 5.43. The molecule has 2 aliphatic rings. The van der Waals surface area contributed by atoms with Gasteiger partial charge in [0.25, 0.3) is 0 Å². The second-order valence-electron chi connectivity index (χ2n) is 8.19. The maximum atomic E-state index is 9.14. The van der Waals surface area contributed by atoms with Crippen molar-refractivity contribution in [3.8, 4) is 0 Å². The summed E-state index contributed by atoms with van der Waals surface area (Å²) >= 11 is 0. The number of rotatable bonds is 5. The van der Waals surface area contributed by atoms with Crippen LogP contribution in [0.5, 0.6) is 0 Å². The van der Waals surface area contributed by atoms with Gasteiger partial charge in [0.2, 0.25) is 0 Å². The summed E-state index contributed by atoms with van der Waals surface area (Å²) in [4.78, 5) is 29.9. The first-order chi connectivity index (χ1) is 16.3. The molecule has 2 saturated heterocycles. The van der Waals surface area contributed by atoms with E-state index < -0.39 is 23.7 Å². The number of nitrogens with zero attached hydrogens (tertiary/aromatic N) is 1. The molecule has 0 amide bonds. The Morgan fingerprint density at radius 3 is 1.53 bits per heavy atom. The zero-order valence-corrected chi connectivity index (χ0v) is 29.6. The van der Waals surface area contributed by atoms with E-state index in [4.69, 9.17) is 46.5 Å². The summed E-state index contributed by atoms with van der Waals surface area (Å²) in [7, 11) is -7.82. The van der Waals surface area contributed by atoms with Crippen molar-refractivity contribution in [3.63, 3.8) is 0 Å². The molecule has 194 valence electrons. The van der Waals surface area contributed by atoms with Gasteiger partial charge in [-0.25, -0.2) is 0 Å². The summed E-state index contributed by atoms with van der Waals surface area (Å²) in [5.41, 5.74) is -0.0533. The molecule has 4 rings (SSSR count). The number of carbonyl (C=O) groups is 1. The number of piperidine rings is 1. The fraction of sp³-hybridized carbons (Fsp3) is 0.409. The number of benzene rings is 2. The fourth-order valence-corrected chi connectivity index (χ4v) is 4.27. The van der Waals surface area contributed by atoms with Gasteiger partial charge in [0.1, 0.15) is 6.10 Å². The number of hydrogen-bond donors (Lipinski definition) is 2. The molecule has 2 aromatic carbocycles. The molecule has 2 fully saturated rings. The SMILES string of the molecule is CN1C2CCC1CC(OC(c1ccccc1)c1ccccc1)C2.O=C([O-])P(=O)([O-])[O-].O=S(=O)(O)O.[Na+].[Na+].[Na+]. The van der Waals surface area contributed by atoms with Crippen LogP contribution in [0, 0.1) is 0 Å². The Hall–Kier alpha value is 0.850. The molecule has 11 nitrogen and oxygen atoms in total. The van der Waals surface area contributed by atoms with E-state index in [0.29, 0.717) is 18.2 Å². The first-order valence-electron chi connectivity index (χ1n) is 10.7. The van der Waals surface area contributed by atoms with Gasteiger partial charge in [0.05, 0.1) is 11.8 Å². The predicted octanol–water partition coefficient (Wildman–Crippen LogP) is -7.98. The smallest absolute Gasteiger partial charge is 0.807 e. The molecule has 2 aliphatic heterocycles. The molecule has 16 heteroatoms. The first kappa shape index (κ1) is 41.0. The molecular formula is C22H27NNa3O10PS. The van der Waals surface area contributed by atoms with Crippen LogP contribution in [-0.2, 0) is 19.7 Å². The summed E-state index contributed by atoms with van der Waals surface area (Å²) in [6.45, 7) is 0. The third kappa shape index (κ3) is 15.2. The van der Waals surface area contributed by atoms with E-state index in [1.807, 2.05) is 0 Å². The monoisotopic (exact) mass is 597 g/mol. The van der Waals surface area contributed by atoms with E-state index in [0.717, 1.165) is 0 Å². The minimum atomic E-state index is -5.43. The summed E-state index contributed by atoms with van der Waals surface area (Å²) in [5.74, 6) is 0. The van der Waals surface area contributed by atoms with Gasteiger partial charge < -0.3 is 33.9 Å². The van der Waals surface area contributed by atoms with E-state index in [1.165, 1.54) is 36.8 Å². The molecule has 0 spiro atoms. The first-order valence-corrected chi connectivity index (χ1v) is 13.6. The topological polar surface area (TPSA) is 190 Å². The zero-order valence-electron chi connectivity index (χ0n) is 21.9. The van der Waals surface area contributed by atoms with Gasteiger partial charge in [-0.2, -0.15) is 8.42 Å². The number of fused-ring (bicyclic) bond motifs is 2. The normalized spacial score (nSPS) is 20.2. The molecule has 0 aromatic heterocycles. The van der Waals surface area contributed by atoms with Crippen LogP contribution in [0.4, 0.5) is 4.79 Å². The Balaban J connectivity index is 0. The molecule has 2 N–H and O–H groups in total. The van der Waals surface area contributed by atoms with Gasteiger partial charge >= 0.3 is 99.1 Å². The minimum Gasteiger partial charge on any atom is -0.807 e. The predicted molar refractivity (Wildman–Crippen MR) is 121 cm³/mol. The Morgan fingerprint density at radius 2 is 1.24 bits per heavy atom. The summed E-state index contributed by atoms with van der Waals surface area (Å²) in [5, 5.41) is 9.02. The molecular weight excluding hydrogens is 570 g/mol. The van der Waals surface area contributed by atoms with E-state index in [1.54, 1.807) is 0 Å². The van der Waals surface area contributed by atoms with Crippen molar-refractivity contribution in [1.29, 1.82) is 0 Å². The largest absolute Gasteiger partial charge is 1.00 e. The molecule has 2 aromatic rings. The van der Waals surface area contributed by atoms with Gasteiger partial charge in [-0.1, -0.05) is 60.7 Å². The standard InChI is InChI=1S/C21H25NO.CH3O5P.3Na.H2O4S/c1-22-18-12-13-19(22)15-20(14-18)23-21(16-8-4-2-5-9-16)17-10-6-3-7-11-17;2-1(3)7(4,5)6;;;;1-5(2,3)4/h2-11,18-21H,12-15H2,1H3;(H,2,3)(H2,4,5,6);;;;(H2,1,2,3,4)/q;;3*+1;/p-3. The van der Waals surface area contributed by atoms with Crippen LogP contribution in [0.25, 0.3) is 0 Å². The zero-order chi connectivity index (χ0) is 26.2. The maximum Gasteiger partial charge on any atom is 1.00 e. The van der Waals surface area contributed by atoms with E-state index in [-0.39, 0.29) is 94.8 Å². The Morgan fingerprint density at radius 1 is 0.921 bits per heavy atom. The second kappa shape index (κ2) is 19.1. The summed E-state index contributed by atoms with van der Waals surface area (Å²) in [6, 6.07) is 22.7. The molecule has 2 atom stereocenters. The van der Waals surface area contributed by atoms with Crippen molar-refractivity contribution in [2.45, 2.75) is 50.0 Å². The van der Waals surface area contributed by atoms with Crippen molar-refractivity contribution in [3.05, 3.63) is 71.8 Å². The number of carbonyl (C=O) groups excluding carboxylic acids is 1. The second-order valence-corrected chi connectivity index (χ2v) is 10.4. The Bertz CT molecular complexity index is 1050. The maximum absolute atomic E-state index is 9.14. The number of ether oxygens (including phenoxy) is 1. The van der Waals surface area contributed by atoms with E-state index in [2.05, 4.69) is 72.6 Å². The average Bonchev–Trinajstić information content (AvgIpc) is 2.97. The van der Waals surface area contributed by atoms with Crippen molar-refractivity contribution in [1.82, 2.24) is 4.90 Å². The van der Waals surface area contributed by atoms with Crippen LogP contribution in [0.1, 0.15) is 42.9 Å². The van der Waals surface area contributed by atoms with Crippen LogP contribution in [0.2, 0.25) is 0 Å². The van der Waals surface area contributed by atoms with Gasteiger partial charge in [-0.05, 0) is 51.5 Å². The summed E-state index contributed by atoms with van der Waals surface area (Å²) < 4.78 is 47.4. The Kier molecular flexibility index (Phi) is 20.6. The van der Waals surface area contributed by atoms with Gasteiger partial charge in [-0.3, -0.25) is 9.11 Å². The van der Waals surface area contributed by atoms with E-state index in [9.17, 15) is 0 Å². The van der Waals surface area contributed by atoms with Crippen molar-refractivity contribution >= 4 is 23.7 Å². The van der Waals surface area contributed by atoms with Crippen molar-refractivity contribution in [2.24, 2.45) is 0 Å². The van der Waals surface area contributed by atoms with Crippen LogP contribution in [0.15, 0.2) is 60.7 Å². The molecule has 38 heavy (non-hydrogen) atoms. The molecule has 0 radical (unpaired) electrons. The third-order valence-electron chi connectivity index (χ3n) is 5.81. The van der Waals surface area contributed by atoms with Crippen molar-refractivity contribution in [2.75, 3.05) is 7.05 Å². The third-order valence-corrected chi connectivity index (χ3v) is 6.26. The van der Waals surface area contributed by atoms with Gasteiger partial charge in [-0.15, -0.1) is 0 Å². The molecule has 2 heterocycles. The fourth-order valence-electron chi connectivity index (χ4n) is 4.27. The van der Waals surface area contributed by atoms with Gasteiger partial charge in [0.15, 0.2) is 0 Å².